The van der Waals surface area contributed by atoms with Gasteiger partial charge in [-0.05, 0) is 68.7 Å². The average molecular weight is 533 g/mol. The number of nitrogens with zero attached hydrogens (tertiary/aromatic N) is 2. The second-order valence-corrected chi connectivity index (χ2v) is 12.3. The molecule has 10 heteroatoms. The molecule has 0 unspecified atom stereocenters. The van der Waals surface area contributed by atoms with Crippen LogP contribution in [0.5, 0.6) is 0 Å². The van der Waals surface area contributed by atoms with Crippen LogP contribution in [0.15, 0.2) is 42.5 Å². The molecular weight excluding hydrogens is 498 g/mol. The molecule has 1 aliphatic carbocycles. The molecule has 2 aliphatic rings. The first-order chi connectivity index (χ1) is 17.7. The van der Waals surface area contributed by atoms with Crippen molar-refractivity contribution in [1.82, 2.24) is 9.21 Å². The Bertz CT molecular complexity index is 1230. The van der Waals surface area contributed by atoms with E-state index in [9.17, 15) is 13.5 Å². The SMILES string of the molecule is C[C@H]1CC[C@H](c2ccccc2)S(=O)(=O)N1Cc1cc(F)c(C2(CO)CCC(N(C=N)C=N)CC2)cc1F. The lowest BCUT2D eigenvalue weighted by Crippen LogP contribution is -2.45. The number of halogens is 2. The van der Waals surface area contributed by atoms with Crippen molar-refractivity contribution in [3.05, 3.63) is 70.8 Å². The van der Waals surface area contributed by atoms with Crippen molar-refractivity contribution in [3.63, 3.8) is 0 Å². The first-order valence-electron chi connectivity index (χ1n) is 12.6. The molecule has 1 saturated carbocycles. The number of aliphatic hydroxyl groups excluding tert-OH is 1. The summed E-state index contributed by atoms with van der Waals surface area (Å²) in [6, 6.07) is 10.7. The summed E-state index contributed by atoms with van der Waals surface area (Å²) in [5.41, 5.74) is -0.237. The third-order valence-electron chi connectivity index (χ3n) is 8.16. The zero-order valence-electron chi connectivity index (χ0n) is 20.9. The topological polar surface area (TPSA) is 109 Å². The van der Waals surface area contributed by atoms with Gasteiger partial charge in [-0.25, -0.2) is 17.2 Å². The third-order valence-corrected chi connectivity index (χ3v) is 10.5. The Kier molecular flexibility index (Phi) is 8.11. The highest BCUT2D eigenvalue weighted by Gasteiger charge is 2.42. The van der Waals surface area contributed by atoms with Crippen LogP contribution in [0.1, 0.15) is 67.4 Å². The van der Waals surface area contributed by atoms with E-state index >= 15 is 8.78 Å². The zero-order chi connectivity index (χ0) is 26.8. The van der Waals surface area contributed by atoms with E-state index in [0.29, 0.717) is 44.1 Å². The molecule has 2 fully saturated rings. The Morgan fingerprint density at radius 2 is 1.70 bits per heavy atom. The summed E-state index contributed by atoms with van der Waals surface area (Å²) in [6.07, 6.45) is 4.98. The second kappa shape index (κ2) is 11.0. The lowest BCUT2D eigenvalue weighted by atomic mass is 9.68. The van der Waals surface area contributed by atoms with Crippen LogP contribution in [0.3, 0.4) is 0 Å². The average Bonchev–Trinajstić information content (AvgIpc) is 2.90. The van der Waals surface area contributed by atoms with Gasteiger partial charge in [0.05, 0.1) is 19.3 Å². The third kappa shape index (κ3) is 5.19. The van der Waals surface area contributed by atoms with Crippen LogP contribution in [0.2, 0.25) is 0 Å². The molecule has 0 radical (unpaired) electrons. The minimum Gasteiger partial charge on any atom is -0.395 e. The Labute approximate surface area is 217 Å². The number of aliphatic hydroxyl groups is 1. The first kappa shape index (κ1) is 27.3. The van der Waals surface area contributed by atoms with Crippen molar-refractivity contribution in [2.24, 2.45) is 0 Å². The van der Waals surface area contributed by atoms with E-state index < -0.39 is 32.3 Å². The quantitative estimate of drug-likeness (QED) is 0.338. The van der Waals surface area contributed by atoms with Crippen LogP contribution in [0, 0.1) is 22.5 Å². The van der Waals surface area contributed by atoms with Crippen LogP contribution < -0.4 is 0 Å². The summed E-state index contributed by atoms with van der Waals surface area (Å²) < 4.78 is 59.2. The fourth-order valence-corrected chi connectivity index (χ4v) is 8.04. The first-order valence-corrected chi connectivity index (χ1v) is 14.1. The van der Waals surface area contributed by atoms with E-state index in [2.05, 4.69) is 0 Å². The molecule has 1 heterocycles. The molecule has 0 bridgehead atoms. The minimum atomic E-state index is -3.80. The molecule has 37 heavy (non-hydrogen) atoms. The van der Waals surface area contributed by atoms with Gasteiger partial charge in [0.2, 0.25) is 10.0 Å². The Morgan fingerprint density at radius 1 is 1.05 bits per heavy atom. The van der Waals surface area contributed by atoms with Gasteiger partial charge in [0.1, 0.15) is 16.9 Å². The molecule has 2 aromatic carbocycles. The Morgan fingerprint density at radius 3 is 2.30 bits per heavy atom. The van der Waals surface area contributed by atoms with Gasteiger partial charge < -0.3 is 10.0 Å². The number of sulfonamides is 1. The van der Waals surface area contributed by atoms with Crippen molar-refractivity contribution in [1.29, 1.82) is 10.8 Å². The van der Waals surface area contributed by atoms with Crippen molar-refractivity contribution < 1.29 is 22.3 Å². The highest BCUT2D eigenvalue weighted by molar-refractivity contribution is 7.89. The molecule has 4 rings (SSSR count). The van der Waals surface area contributed by atoms with Gasteiger partial charge in [-0.15, -0.1) is 0 Å². The highest BCUT2D eigenvalue weighted by atomic mass is 32.2. The van der Waals surface area contributed by atoms with Gasteiger partial charge in [-0.1, -0.05) is 30.3 Å². The molecule has 1 aliphatic heterocycles. The van der Waals surface area contributed by atoms with Gasteiger partial charge in [0, 0.05) is 29.6 Å². The molecule has 0 aromatic heterocycles. The number of nitrogens with one attached hydrogen (secondary N) is 2. The van der Waals surface area contributed by atoms with Crippen LogP contribution in [0.25, 0.3) is 0 Å². The van der Waals surface area contributed by atoms with Gasteiger partial charge in [0.15, 0.2) is 0 Å². The number of rotatable bonds is 8. The van der Waals surface area contributed by atoms with Crippen molar-refractivity contribution in [2.45, 2.75) is 74.7 Å². The summed E-state index contributed by atoms with van der Waals surface area (Å²) in [6.45, 7) is 1.16. The van der Waals surface area contributed by atoms with Gasteiger partial charge in [-0.2, -0.15) is 4.31 Å². The minimum absolute atomic E-state index is 0.0362. The Hall–Kier alpha value is -2.69. The number of hydrogen-bond acceptors (Lipinski definition) is 5. The maximum Gasteiger partial charge on any atom is 0.221 e. The van der Waals surface area contributed by atoms with Gasteiger partial charge in [0.25, 0.3) is 0 Å². The Balaban J connectivity index is 1.59. The van der Waals surface area contributed by atoms with Crippen molar-refractivity contribution in [3.8, 4) is 0 Å². The molecule has 0 amide bonds. The number of benzene rings is 2. The predicted molar refractivity (Wildman–Crippen MR) is 139 cm³/mol. The van der Waals surface area contributed by atoms with E-state index in [-0.39, 0.29) is 36.4 Å². The highest BCUT2D eigenvalue weighted by Crippen LogP contribution is 2.43. The van der Waals surface area contributed by atoms with E-state index in [0.717, 1.165) is 24.8 Å². The van der Waals surface area contributed by atoms with Crippen molar-refractivity contribution >= 4 is 22.7 Å². The molecule has 2 atom stereocenters. The summed E-state index contributed by atoms with van der Waals surface area (Å²) in [7, 11) is -3.80. The zero-order valence-corrected chi connectivity index (χ0v) is 21.7. The fourth-order valence-electron chi connectivity index (χ4n) is 5.85. The predicted octanol–water partition coefficient (Wildman–Crippen LogP) is 4.71. The number of hydrogen-bond donors (Lipinski definition) is 3. The van der Waals surface area contributed by atoms with Crippen LogP contribution >= 0.6 is 0 Å². The maximum absolute atomic E-state index is 15.5. The molecule has 0 spiro atoms. The lowest BCUT2D eigenvalue weighted by Gasteiger charge is -2.41. The second-order valence-electron chi connectivity index (χ2n) is 10.2. The molecule has 3 N–H and O–H groups in total. The lowest BCUT2D eigenvalue weighted by molar-refractivity contribution is 0.127. The summed E-state index contributed by atoms with van der Waals surface area (Å²) in [5, 5.41) is 24.4. The maximum atomic E-state index is 15.5. The smallest absolute Gasteiger partial charge is 0.221 e. The van der Waals surface area contributed by atoms with E-state index in [1.807, 2.05) is 6.07 Å². The van der Waals surface area contributed by atoms with Gasteiger partial charge >= 0.3 is 0 Å². The standard InChI is InChI=1S/C27H34F2N4O3S/c1-19-7-8-26(20-5-3-2-4-6-20)37(35,36)33(19)15-21-13-25(29)23(14-24(21)28)27(16-34)11-9-22(10-12-27)32(17-30)18-31/h2-6,13-14,17-19,22,26,30-31,34H,7-12,15-16H2,1H3/t19-,22?,26+,27?/m0/s1. The molecule has 1 saturated heterocycles. The summed E-state index contributed by atoms with van der Waals surface area (Å²) in [4.78, 5) is 1.46. The monoisotopic (exact) mass is 532 g/mol. The summed E-state index contributed by atoms with van der Waals surface area (Å²) >= 11 is 0. The largest absolute Gasteiger partial charge is 0.395 e. The molecule has 200 valence electrons. The van der Waals surface area contributed by atoms with E-state index in [4.69, 9.17) is 10.8 Å². The fraction of sp³-hybridized carbons (Fsp3) is 0.481. The van der Waals surface area contributed by atoms with Crippen molar-refractivity contribution in [2.75, 3.05) is 6.61 Å². The van der Waals surface area contributed by atoms with Gasteiger partial charge in [-0.3, -0.25) is 10.8 Å². The molecule has 7 nitrogen and oxygen atoms in total. The van der Waals surface area contributed by atoms with E-state index in [1.165, 1.54) is 9.21 Å². The summed E-state index contributed by atoms with van der Waals surface area (Å²) in [5.74, 6) is -1.36. The van der Waals surface area contributed by atoms with E-state index in [1.54, 1.807) is 31.2 Å². The molecular formula is C27H34F2N4O3S. The van der Waals surface area contributed by atoms with Crippen LogP contribution in [0.4, 0.5) is 8.78 Å². The van der Waals surface area contributed by atoms with Crippen LogP contribution in [-0.4, -0.2) is 54.1 Å². The molecule has 2 aromatic rings. The normalized spacial score (nSPS) is 27.9. The van der Waals surface area contributed by atoms with Crippen LogP contribution in [-0.2, 0) is 22.0 Å².